The Morgan fingerprint density at radius 2 is 1.44 bits per heavy atom. The number of benzene rings is 2. The number of carbonyl (C=O) groups excluding carboxylic acids is 2. The smallest absolute Gasteiger partial charge is 0.256 e. The van der Waals surface area contributed by atoms with Gasteiger partial charge < -0.3 is 15.1 Å². The van der Waals surface area contributed by atoms with Crippen LogP contribution in [0.4, 0.5) is 5.69 Å². The first-order chi connectivity index (χ1) is 19.1. The van der Waals surface area contributed by atoms with Gasteiger partial charge in [-0.05, 0) is 49.8 Å². The number of amides is 2. The molecule has 0 radical (unpaired) electrons. The van der Waals surface area contributed by atoms with Crippen molar-refractivity contribution in [2.24, 2.45) is 0 Å². The molecule has 0 aromatic heterocycles. The van der Waals surface area contributed by atoms with Crippen LogP contribution in [0.2, 0.25) is 0 Å². The van der Waals surface area contributed by atoms with E-state index in [1.807, 2.05) is 48.5 Å². The van der Waals surface area contributed by atoms with Crippen LogP contribution in [0, 0.1) is 0 Å². The van der Waals surface area contributed by atoms with Crippen molar-refractivity contribution in [1.29, 1.82) is 0 Å². The third kappa shape index (κ3) is 6.84. The Bertz CT molecular complexity index is 1070. The first-order valence-corrected chi connectivity index (χ1v) is 15.4. The summed E-state index contributed by atoms with van der Waals surface area (Å²) in [6.07, 6.45) is 10.7. The zero-order chi connectivity index (χ0) is 27.0. The van der Waals surface area contributed by atoms with E-state index in [0.717, 1.165) is 75.3 Å². The number of hydrogen-bond donors (Lipinski definition) is 1. The topological polar surface area (TPSA) is 55.9 Å². The molecular weight excluding hydrogens is 484 g/mol. The summed E-state index contributed by atoms with van der Waals surface area (Å²) in [5, 5.41) is 3.32. The van der Waals surface area contributed by atoms with Gasteiger partial charge in [0.15, 0.2) is 0 Å². The van der Waals surface area contributed by atoms with E-state index in [4.69, 9.17) is 0 Å². The Balaban J connectivity index is 1.15. The van der Waals surface area contributed by atoms with Crippen molar-refractivity contribution in [2.75, 3.05) is 44.2 Å². The quantitative estimate of drug-likeness (QED) is 0.484. The highest BCUT2D eigenvalue weighted by atomic mass is 16.2. The molecule has 1 saturated carbocycles. The maximum absolute atomic E-state index is 13.7. The number of piperidine rings is 1. The van der Waals surface area contributed by atoms with E-state index < -0.39 is 0 Å². The summed E-state index contributed by atoms with van der Waals surface area (Å²) in [4.78, 5) is 33.8. The standard InChI is InChI=1S/C33H46N4O2/c1-2-29(26-12-6-5-7-13-26)32(38)34-27-18-20-36(21-19-27)31-17-11-10-16-30(31)33(39)37-24-22-35(23-25-37)28-14-8-3-4-9-15-28/h5-7,10-13,16-17,27-29H,2-4,8-9,14-15,18-25H2,1H3,(H,34,38)/t29-/m1/s1. The molecule has 2 aromatic rings. The molecule has 0 bridgehead atoms. The molecule has 6 nitrogen and oxygen atoms in total. The van der Waals surface area contributed by atoms with Crippen molar-refractivity contribution < 1.29 is 9.59 Å². The second kappa shape index (κ2) is 13.5. The molecule has 2 amide bonds. The lowest BCUT2D eigenvalue weighted by molar-refractivity contribution is -0.123. The lowest BCUT2D eigenvalue weighted by atomic mass is 9.94. The number of carbonyl (C=O) groups is 2. The average molecular weight is 531 g/mol. The molecule has 39 heavy (non-hydrogen) atoms. The summed E-state index contributed by atoms with van der Waals surface area (Å²) in [5.41, 5.74) is 2.93. The molecule has 210 valence electrons. The van der Waals surface area contributed by atoms with Crippen LogP contribution < -0.4 is 10.2 Å². The molecule has 2 aromatic carbocycles. The van der Waals surface area contributed by atoms with Crippen LogP contribution in [-0.4, -0.2) is 73.0 Å². The maximum Gasteiger partial charge on any atom is 0.256 e. The monoisotopic (exact) mass is 530 g/mol. The second-order valence-corrected chi connectivity index (χ2v) is 11.6. The Morgan fingerprint density at radius 3 is 2.10 bits per heavy atom. The van der Waals surface area contributed by atoms with E-state index in [1.54, 1.807) is 0 Å². The fourth-order valence-corrected chi connectivity index (χ4v) is 6.84. The molecular formula is C33H46N4O2. The zero-order valence-electron chi connectivity index (χ0n) is 23.7. The Labute approximate surface area is 234 Å². The molecule has 5 rings (SSSR count). The number of rotatable bonds is 7. The Kier molecular flexibility index (Phi) is 9.57. The van der Waals surface area contributed by atoms with Gasteiger partial charge in [-0.1, -0.05) is 75.1 Å². The molecule has 1 atom stereocenters. The van der Waals surface area contributed by atoms with Crippen LogP contribution in [0.25, 0.3) is 0 Å². The number of anilines is 1. The van der Waals surface area contributed by atoms with Crippen molar-refractivity contribution >= 4 is 17.5 Å². The molecule has 2 aliphatic heterocycles. The molecule has 6 heteroatoms. The largest absolute Gasteiger partial charge is 0.371 e. The normalized spacial score (nSPS) is 20.8. The fraction of sp³-hybridized carbons (Fsp3) is 0.576. The fourth-order valence-electron chi connectivity index (χ4n) is 6.84. The van der Waals surface area contributed by atoms with Crippen molar-refractivity contribution in [3.05, 3.63) is 65.7 Å². The highest BCUT2D eigenvalue weighted by molar-refractivity contribution is 6.00. The maximum atomic E-state index is 13.7. The molecule has 3 fully saturated rings. The van der Waals surface area contributed by atoms with E-state index in [-0.39, 0.29) is 23.8 Å². The molecule has 2 saturated heterocycles. The first kappa shape index (κ1) is 27.7. The number of nitrogens with zero attached hydrogens (tertiary/aromatic N) is 3. The number of hydrogen-bond acceptors (Lipinski definition) is 4. The van der Waals surface area contributed by atoms with Gasteiger partial charge in [-0.3, -0.25) is 14.5 Å². The van der Waals surface area contributed by atoms with Crippen molar-refractivity contribution in [1.82, 2.24) is 15.1 Å². The van der Waals surface area contributed by atoms with Crippen LogP contribution in [0.1, 0.15) is 86.6 Å². The average Bonchev–Trinajstić information content (AvgIpc) is 3.28. The summed E-state index contributed by atoms with van der Waals surface area (Å²) in [6.45, 7) is 7.37. The van der Waals surface area contributed by atoms with Gasteiger partial charge in [-0.2, -0.15) is 0 Å². The van der Waals surface area contributed by atoms with Gasteiger partial charge >= 0.3 is 0 Å². The SMILES string of the molecule is CC[C@@H](C(=O)NC1CCN(c2ccccc2C(=O)N2CCN(C3CCCCCC3)CC2)CC1)c1ccccc1. The molecule has 3 aliphatic rings. The summed E-state index contributed by atoms with van der Waals surface area (Å²) < 4.78 is 0. The zero-order valence-corrected chi connectivity index (χ0v) is 23.7. The third-order valence-electron chi connectivity index (χ3n) is 9.19. The van der Waals surface area contributed by atoms with E-state index in [2.05, 4.69) is 33.0 Å². The van der Waals surface area contributed by atoms with Crippen molar-refractivity contribution in [3.8, 4) is 0 Å². The number of nitrogens with one attached hydrogen (secondary N) is 1. The molecule has 0 unspecified atom stereocenters. The van der Waals surface area contributed by atoms with Gasteiger partial charge in [0, 0.05) is 57.0 Å². The lowest BCUT2D eigenvalue weighted by Gasteiger charge is -2.40. The highest BCUT2D eigenvalue weighted by Crippen LogP contribution is 2.28. The van der Waals surface area contributed by atoms with E-state index in [9.17, 15) is 9.59 Å². The lowest BCUT2D eigenvalue weighted by Crippen LogP contribution is -2.52. The Morgan fingerprint density at radius 1 is 0.795 bits per heavy atom. The van der Waals surface area contributed by atoms with Gasteiger partial charge in [-0.15, -0.1) is 0 Å². The van der Waals surface area contributed by atoms with Crippen LogP contribution in [-0.2, 0) is 4.79 Å². The number of piperazine rings is 1. The van der Waals surface area contributed by atoms with Gasteiger partial charge in [0.1, 0.15) is 0 Å². The van der Waals surface area contributed by atoms with Gasteiger partial charge in [0.25, 0.3) is 5.91 Å². The molecule has 1 aliphatic carbocycles. The van der Waals surface area contributed by atoms with Crippen LogP contribution in [0.3, 0.4) is 0 Å². The third-order valence-corrected chi connectivity index (χ3v) is 9.19. The molecule has 2 heterocycles. The van der Waals surface area contributed by atoms with Crippen LogP contribution in [0.15, 0.2) is 54.6 Å². The van der Waals surface area contributed by atoms with Crippen molar-refractivity contribution in [2.45, 2.75) is 82.7 Å². The number of para-hydroxylation sites is 1. The second-order valence-electron chi connectivity index (χ2n) is 11.6. The summed E-state index contributed by atoms with van der Waals surface area (Å²) >= 11 is 0. The van der Waals surface area contributed by atoms with E-state index in [1.165, 1.54) is 38.5 Å². The molecule has 0 spiro atoms. The summed E-state index contributed by atoms with van der Waals surface area (Å²) in [7, 11) is 0. The molecule has 1 N–H and O–H groups in total. The predicted octanol–water partition coefficient (Wildman–Crippen LogP) is 5.45. The minimum absolute atomic E-state index is 0.106. The van der Waals surface area contributed by atoms with E-state index in [0.29, 0.717) is 6.04 Å². The summed E-state index contributed by atoms with van der Waals surface area (Å²) in [5.74, 6) is 0.182. The predicted molar refractivity (Wildman–Crippen MR) is 158 cm³/mol. The van der Waals surface area contributed by atoms with Gasteiger partial charge in [-0.25, -0.2) is 0 Å². The van der Waals surface area contributed by atoms with E-state index >= 15 is 0 Å². The minimum Gasteiger partial charge on any atom is -0.371 e. The van der Waals surface area contributed by atoms with Crippen LogP contribution >= 0.6 is 0 Å². The summed E-state index contributed by atoms with van der Waals surface area (Å²) in [6, 6.07) is 19.1. The van der Waals surface area contributed by atoms with Gasteiger partial charge in [0.2, 0.25) is 5.91 Å². The highest BCUT2D eigenvalue weighted by Gasteiger charge is 2.30. The Hall–Kier alpha value is -2.86. The first-order valence-electron chi connectivity index (χ1n) is 15.4. The van der Waals surface area contributed by atoms with Crippen molar-refractivity contribution in [3.63, 3.8) is 0 Å². The van der Waals surface area contributed by atoms with Crippen LogP contribution in [0.5, 0.6) is 0 Å². The minimum atomic E-state index is -0.106. The van der Waals surface area contributed by atoms with Gasteiger partial charge in [0.05, 0.1) is 11.5 Å².